The highest BCUT2D eigenvalue weighted by atomic mass is 16.5. The Morgan fingerprint density at radius 3 is 2.50 bits per heavy atom. The average Bonchev–Trinajstić information content (AvgIpc) is 3.47. The largest absolute Gasteiger partial charge is 0.497 e. The molecule has 1 N–H and O–H groups in total. The van der Waals surface area contributed by atoms with E-state index in [-0.39, 0.29) is 18.6 Å². The Labute approximate surface area is 177 Å². The fourth-order valence-corrected chi connectivity index (χ4v) is 4.17. The summed E-state index contributed by atoms with van der Waals surface area (Å²) in [6.07, 6.45) is 3.94. The van der Waals surface area contributed by atoms with Gasteiger partial charge < -0.3 is 23.9 Å². The molecule has 1 aromatic heterocycles. The molecule has 0 spiro atoms. The van der Waals surface area contributed by atoms with Gasteiger partial charge in [-0.1, -0.05) is 0 Å². The minimum Gasteiger partial charge on any atom is -0.497 e. The summed E-state index contributed by atoms with van der Waals surface area (Å²) in [7, 11) is 1.62. The summed E-state index contributed by atoms with van der Waals surface area (Å²) in [5.74, 6) is 2.81. The number of carbonyl (C=O) groups is 1. The second kappa shape index (κ2) is 9.53. The summed E-state index contributed by atoms with van der Waals surface area (Å²) in [5.41, 5.74) is 0.618. The molecule has 1 aromatic carbocycles. The van der Waals surface area contributed by atoms with Crippen molar-refractivity contribution >= 4 is 5.91 Å². The highest BCUT2D eigenvalue weighted by molar-refractivity contribution is 5.97. The van der Waals surface area contributed by atoms with Gasteiger partial charge >= 0.3 is 0 Å². The van der Waals surface area contributed by atoms with Crippen LogP contribution in [0.25, 0.3) is 0 Å². The number of ether oxygens (including phenoxy) is 2. The Morgan fingerprint density at radius 1 is 1.10 bits per heavy atom. The summed E-state index contributed by atoms with van der Waals surface area (Å²) < 4.78 is 17.3. The van der Waals surface area contributed by atoms with Crippen molar-refractivity contribution in [3.8, 4) is 11.5 Å². The van der Waals surface area contributed by atoms with E-state index < -0.39 is 0 Å². The van der Waals surface area contributed by atoms with Crippen molar-refractivity contribution in [1.82, 2.24) is 9.80 Å². The fourth-order valence-electron chi connectivity index (χ4n) is 4.17. The number of carbonyl (C=O) groups excluding carboxylic acids is 1. The van der Waals surface area contributed by atoms with Crippen LogP contribution in [0.1, 0.15) is 47.6 Å². The number of likely N-dealkylation sites (tertiary alicyclic amines) is 2. The van der Waals surface area contributed by atoms with E-state index in [1.807, 2.05) is 35.2 Å². The van der Waals surface area contributed by atoms with Crippen LogP contribution in [-0.4, -0.2) is 60.2 Å². The van der Waals surface area contributed by atoms with E-state index in [4.69, 9.17) is 19.0 Å². The van der Waals surface area contributed by atoms with Gasteiger partial charge in [0.2, 0.25) is 0 Å². The molecule has 0 radical (unpaired) electrons. The lowest BCUT2D eigenvalue weighted by molar-refractivity contribution is 0.0759. The molecule has 3 heterocycles. The Morgan fingerprint density at radius 2 is 1.83 bits per heavy atom. The van der Waals surface area contributed by atoms with Gasteiger partial charge in [0.1, 0.15) is 35.7 Å². The van der Waals surface area contributed by atoms with Crippen LogP contribution >= 0.6 is 0 Å². The molecule has 2 aliphatic heterocycles. The predicted octanol–water partition coefficient (Wildman–Crippen LogP) is 3.06. The standard InChI is InChI=1S/C23H30N2O5/c1-28-18-6-7-21(23(27)25-10-2-3-11-25)22(14-18)30-17-8-12-24(13-9-17)15-19-4-5-20(16-26)29-19/h4-7,14,17,26H,2-3,8-13,15-16H2,1H3. The second-order valence-electron chi connectivity index (χ2n) is 7.98. The third kappa shape index (κ3) is 4.79. The highest BCUT2D eigenvalue weighted by Gasteiger charge is 2.26. The number of amides is 1. The van der Waals surface area contributed by atoms with Crippen molar-refractivity contribution in [2.75, 3.05) is 33.3 Å². The molecule has 7 nitrogen and oxygen atoms in total. The van der Waals surface area contributed by atoms with E-state index in [1.165, 1.54) is 0 Å². The fraction of sp³-hybridized carbons (Fsp3) is 0.522. The van der Waals surface area contributed by atoms with Gasteiger partial charge in [-0.3, -0.25) is 9.69 Å². The van der Waals surface area contributed by atoms with Gasteiger partial charge in [0.25, 0.3) is 5.91 Å². The molecule has 30 heavy (non-hydrogen) atoms. The molecule has 0 unspecified atom stereocenters. The maximum atomic E-state index is 13.0. The Kier molecular flexibility index (Phi) is 6.59. The van der Waals surface area contributed by atoms with Gasteiger partial charge in [0.15, 0.2) is 0 Å². The van der Waals surface area contributed by atoms with Crippen LogP contribution in [0.15, 0.2) is 34.7 Å². The molecule has 0 saturated carbocycles. The van der Waals surface area contributed by atoms with Crippen LogP contribution < -0.4 is 9.47 Å². The van der Waals surface area contributed by atoms with Gasteiger partial charge in [-0.15, -0.1) is 0 Å². The topological polar surface area (TPSA) is 75.4 Å². The molecule has 2 fully saturated rings. The first-order valence-electron chi connectivity index (χ1n) is 10.7. The first-order valence-corrected chi connectivity index (χ1v) is 10.7. The summed E-state index contributed by atoms with van der Waals surface area (Å²) in [6.45, 7) is 4.05. The predicted molar refractivity (Wildman–Crippen MR) is 112 cm³/mol. The number of methoxy groups -OCH3 is 1. The molecule has 2 saturated heterocycles. The zero-order valence-electron chi connectivity index (χ0n) is 17.5. The lowest BCUT2D eigenvalue weighted by Crippen LogP contribution is -2.38. The first kappa shape index (κ1) is 20.8. The number of rotatable bonds is 7. The normalized spacial score (nSPS) is 18.0. The van der Waals surface area contributed by atoms with Crippen LogP contribution in [0, 0.1) is 0 Å². The smallest absolute Gasteiger partial charge is 0.257 e. The van der Waals surface area contributed by atoms with Crippen molar-refractivity contribution in [3.05, 3.63) is 47.4 Å². The summed E-state index contributed by atoms with van der Waals surface area (Å²) >= 11 is 0. The van der Waals surface area contributed by atoms with E-state index in [9.17, 15) is 4.79 Å². The maximum absolute atomic E-state index is 13.0. The molecule has 0 bridgehead atoms. The average molecular weight is 415 g/mol. The Hall–Kier alpha value is -2.51. The van der Waals surface area contributed by atoms with Gasteiger partial charge in [-0.25, -0.2) is 0 Å². The van der Waals surface area contributed by atoms with E-state index in [2.05, 4.69) is 4.90 Å². The van der Waals surface area contributed by atoms with Gasteiger partial charge in [0.05, 0.1) is 19.2 Å². The van der Waals surface area contributed by atoms with Crippen molar-refractivity contribution in [3.63, 3.8) is 0 Å². The zero-order chi connectivity index (χ0) is 20.9. The van der Waals surface area contributed by atoms with Crippen LogP contribution in [-0.2, 0) is 13.2 Å². The van der Waals surface area contributed by atoms with Crippen LogP contribution in [0.4, 0.5) is 0 Å². The molecule has 0 atom stereocenters. The highest BCUT2D eigenvalue weighted by Crippen LogP contribution is 2.30. The Bertz CT molecular complexity index is 851. The number of piperidine rings is 1. The lowest BCUT2D eigenvalue weighted by atomic mass is 10.1. The number of aliphatic hydroxyl groups is 1. The number of aliphatic hydroxyl groups excluding tert-OH is 1. The molecule has 0 aliphatic carbocycles. The number of hydrogen-bond acceptors (Lipinski definition) is 6. The summed E-state index contributed by atoms with van der Waals surface area (Å²) in [4.78, 5) is 17.2. The number of benzene rings is 1. The molecular formula is C23H30N2O5. The third-order valence-electron chi connectivity index (χ3n) is 5.89. The third-order valence-corrected chi connectivity index (χ3v) is 5.89. The van der Waals surface area contributed by atoms with E-state index in [0.29, 0.717) is 22.8 Å². The quantitative estimate of drug-likeness (QED) is 0.751. The van der Waals surface area contributed by atoms with Crippen molar-refractivity contribution in [2.45, 2.75) is 44.9 Å². The molecule has 4 rings (SSSR count). The van der Waals surface area contributed by atoms with Crippen LogP contribution in [0.5, 0.6) is 11.5 Å². The molecule has 2 aromatic rings. The lowest BCUT2D eigenvalue weighted by Gasteiger charge is -2.32. The zero-order valence-corrected chi connectivity index (χ0v) is 17.5. The van der Waals surface area contributed by atoms with Crippen molar-refractivity contribution in [1.29, 1.82) is 0 Å². The second-order valence-corrected chi connectivity index (χ2v) is 7.98. The number of furan rings is 1. The molecule has 2 aliphatic rings. The van der Waals surface area contributed by atoms with Gasteiger partial charge in [-0.2, -0.15) is 0 Å². The number of nitrogens with zero attached hydrogens (tertiary/aromatic N) is 2. The maximum Gasteiger partial charge on any atom is 0.257 e. The molecule has 7 heteroatoms. The van der Waals surface area contributed by atoms with Crippen molar-refractivity contribution in [2.24, 2.45) is 0 Å². The van der Waals surface area contributed by atoms with E-state index in [1.54, 1.807) is 7.11 Å². The van der Waals surface area contributed by atoms with Crippen LogP contribution in [0.3, 0.4) is 0 Å². The number of hydrogen-bond donors (Lipinski definition) is 1. The van der Waals surface area contributed by atoms with Crippen molar-refractivity contribution < 1.29 is 23.8 Å². The molecule has 1 amide bonds. The SMILES string of the molecule is COc1ccc(C(=O)N2CCCC2)c(OC2CCN(Cc3ccc(CO)o3)CC2)c1. The van der Waals surface area contributed by atoms with E-state index in [0.717, 1.165) is 64.2 Å². The minimum absolute atomic E-state index is 0.0418. The van der Waals surface area contributed by atoms with Gasteiger partial charge in [-0.05, 0) is 49.9 Å². The van der Waals surface area contributed by atoms with E-state index >= 15 is 0 Å². The summed E-state index contributed by atoms with van der Waals surface area (Å²) in [5, 5.41) is 9.14. The minimum atomic E-state index is -0.0745. The monoisotopic (exact) mass is 414 g/mol. The molecule has 162 valence electrons. The van der Waals surface area contributed by atoms with Crippen LogP contribution in [0.2, 0.25) is 0 Å². The first-order chi connectivity index (χ1) is 14.7. The van der Waals surface area contributed by atoms with Gasteiger partial charge in [0, 0.05) is 32.2 Å². The Balaban J connectivity index is 1.38. The molecular weight excluding hydrogens is 384 g/mol. The summed E-state index contributed by atoms with van der Waals surface area (Å²) in [6, 6.07) is 9.20.